The molecule has 2 saturated heterocycles. The topological polar surface area (TPSA) is 102 Å². The Balaban J connectivity index is 1.50. The van der Waals surface area contributed by atoms with Crippen LogP contribution < -0.4 is 0 Å². The van der Waals surface area contributed by atoms with Crippen LogP contribution >= 0.6 is 0 Å². The van der Waals surface area contributed by atoms with Crippen LogP contribution in [0.1, 0.15) is 16.8 Å². The third-order valence-electron chi connectivity index (χ3n) is 4.92. The van der Waals surface area contributed by atoms with Crippen LogP contribution in [-0.4, -0.2) is 68.5 Å². The smallest absolute Gasteiger partial charge is 0.407 e. The number of piperidine rings is 1. The first kappa shape index (κ1) is 14.0. The van der Waals surface area contributed by atoms with Crippen molar-refractivity contribution in [2.75, 3.05) is 26.2 Å². The van der Waals surface area contributed by atoms with Gasteiger partial charge in [0.05, 0.1) is 0 Å². The number of aromatic nitrogens is 3. The first-order valence-corrected chi connectivity index (χ1v) is 7.69. The molecule has 2 aliphatic rings. The molecule has 120 valence electrons. The molecule has 2 aromatic rings. The molecule has 2 fully saturated rings. The van der Waals surface area contributed by atoms with Gasteiger partial charge in [0.2, 0.25) is 0 Å². The second kappa shape index (κ2) is 5.22. The lowest BCUT2D eigenvalue weighted by atomic mass is 9.89. The van der Waals surface area contributed by atoms with E-state index in [0.717, 1.165) is 11.9 Å². The van der Waals surface area contributed by atoms with Gasteiger partial charge in [0.15, 0.2) is 0 Å². The molecule has 2 N–H and O–H groups in total. The number of fused-ring (bicyclic) bond motifs is 2. The molecule has 0 unspecified atom stereocenters. The van der Waals surface area contributed by atoms with E-state index in [4.69, 9.17) is 5.11 Å². The quantitative estimate of drug-likeness (QED) is 0.818. The van der Waals surface area contributed by atoms with Crippen LogP contribution in [0.25, 0.3) is 11.0 Å². The average Bonchev–Trinajstić information content (AvgIpc) is 3.18. The van der Waals surface area contributed by atoms with Crippen LogP contribution in [0.3, 0.4) is 0 Å². The second-order valence-electron chi connectivity index (χ2n) is 6.27. The SMILES string of the molecule is O=C(O)N1CC[C@@H]2CN(C(=O)c3ccc4n[nH]nc4c3)C[C@@H]2C1. The monoisotopic (exact) mass is 315 g/mol. The van der Waals surface area contributed by atoms with E-state index in [-0.39, 0.29) is 11.8 Å². The number of carbonyl (C=O) groups is 2. The predicted octanol–water partition coefficient (Wildman–Crippen LogP) is 1.03. The molecule has 0 bridgehead atoms. The van der Waals surface area contributed by atoms with Gasteiger partial charge in [0, 0.05) is 31.7 Å². The number of nitrogens with one attached hydrogen (secondary N) is 1. The van der Waals surface area contributed by atoms with Gasteiger partial charge in [-0.05, 0) is 36.5 Å². The lowest BCUT2D eigenvalue weighted by Crippen LogP contribution is -2.42. The maximum atomic E-state index is 12.7. The summed E-state index contributed by atoms with van der Waals surface area (Å²) in [5, 5.41) is 19.7. The van der Waals surface area contributed by atoms with Gasteiger partial charge in [-0.2, -0.15) is 15.4 Å². The van der Waals surface area contributed by atoms with Gasteiger partial charge in [-0.15, -0.1) is 0 Å². The molecule has 1 aromatic carbocycles. The van der Waals surface area contributed by atoms with Gasteiger partial charge >= 0.3 is 6.09 Å². The molecular weight excluding hydrogens is 298 g/mol. The van der Waals surface area contributed by atoms with E-state index in [1.165, 1.54) is 4.90 Å². The lowest BCUT2D eigenvalue weighted by Gasteiger charge is -2.32. The summed E-state index contributed by atoms with van der Waals surface area (Å²) in [6.07, 6.45) is -0.0482. The van der Waals surface area contributed by atoms with Crippen LogP contribution in [0.15, 0.2) is 18.2 Å². The molecule has 3 heterocycles. The molecule has 4 rings (SSSR count). The zero-order chi connectivity index (χ0) is 16.0. The fourth-order valence-electron chi connectivity index (χ4n) is 3.66. The highest BCUT2D eigenvalue weighted by Crippen LogP contribution is 2.32. The standard InChI is InChI=1S/C15H17N5O3/c21-14(9-1-2-12-13(5-9)17-18-16-12)20-6-10-3-4-19(15(22)23)7-11(10)8-20/h1-2,5,10-11H,3-4,6-8H2,(H,22,23)(H,16,17,18)/t10-,11+/m1/s1. The van der Waals surface area contributed by atoms with Crippen LogP contribution in [0.4, 0.5) is 4.79 Å². The van der Waals surface area contributed by atoms with E-state index in [0.29, 0.717) is 43.2 Å². The third kappa shape index (κ3) is 2.39. The minimum Gasteiger partial charge on any atom is -0.465 e. The van der Waals surface area contributed by atoms with Gasteiger partial charge in [-0.25, -0.2) is 4.79 Å². The number of H-pyrrole nitrogens is 1. The van der Waals surface area contributed by atoms with Crippen molar-refractivity contribution in [3.63, 3.8) is 0 Å². The van der Waals surface area contributed by atoms with Gasteiger partial charge in [-0.3, -0.25) is 4.79 Å². The number of hydrogen-bond donors (Lipinski definition) is 2. The number of aromatic amines is 1. The summed E-state index contributed by atoms with van der Waals surface area (Å²) in [4.78, 5) is 27.1. The third-order valence-corrected chi connectivity index (χ3v) is 4.92. The van der Waals surface area contributed by atoms with E-state index < -0.39 is 6.09 Å². The van der Waals surface area contributed by atoms with Crippen molar-refractivity contribution in [3.8, 4) is 0 Å². The molecule has 23 heavy (non-hydrogen) atoms. The number of benzene rings is 1. The Bertz CT molecular complexity index is 773. The van der Waals surface area contributed by atoms with E-state index in [1.807, 2.05) is 4.90 Å². The molecule has 0 spiro atoms. The fourth-order valence-corrected chi connectivity index (χ4v) is 3.66. The molecule has 2 atom stereocenters. The summed E-state index contributed by atoms with van der Waals surface area (Å²) in [5.74, 6) is 0.607. The van der Waals surface area contributed by atoms with Crippen molar-refractivity contribution in [1.29, 1.82) is 0 Å². The Labute approximate surface area is 132 Å². The number of likely N-dealkylation sites (tertiary alicyclic amines) is 2. The van der Waals surface area contributed by atoms with Crippen LogP contribution in [-0.2, 0) is 0 Å². The summed E-state index contributed by atoms with van der Waals surface area (Å²) in [6.45, 7) is 2.40. The number of amides is 2. The van der Waals surface area contributed by atoms with E-state index >= 15 is 0 Å². The minimum atomic E-state index is -0.871. The first-order chi connectivity index (χ1) is 11.1. The van der Waals surface area contributed by atoms with Crippen molar-refractivity contribution in [2.45, 2.75) is 6.42 Å². The Morgan fingerprint density at radius 2 is 1.83 bits per heavy atom. The minimum absolute atomic E-state index is 0.0221. The van der Waals surface area contributed by atoms with Crippen molar-refractivity contribution >= 4 is 23.0 Å². The molecule has 0 radical (unpaired) electrons. The van der Waals surface area contributed by atoms with E-state index in [1.54, 1.807) is 18.2 Å². The molecule has 1 aromatic heterocycles. The molecule has 0 saturated carbocycles. The predicted molar refractivity (Wildman–Crippen MR) is 81.0 cm³/mol. The molecule has 8 nitrogen and oxygen atoms in total. The maximum Gasteiger partial charge on any atom is 0.407 e. The van der Waals surface area contributed by atoms with Crippen molar-refractivity contribution < 1.29 is 14.7 Å². The highest BCUT2D eigenvalue weighted by Gasteiger charge is 2.40. The average molecular weight is 315 g/mol. The highest BCUT2D eigenvalue weighted by molar-refractivity contribution is 5.97. The van der Waals surface area contributed by atoms with E-state index in [9.17, 15) is 9.59 Å². The Morgan fingerprint density at radius 1 is 1.09 bits per heavy atom. The number of hydrogen-bond acceptors (Lipinski definition) is 4. The van der Waals surface area contributed by atoms with Gasteiger partial charge < -0.3 is 14.9 Å². The molecule has 0 aliphatic carbocycles. The highest BCUT2D eigenvalue weighted by atomic mass is 16.4. The van der Waals surface area contributed by atoms with Crippen LogP contribution in [0.5, 0.6) is 0 Å². The summed E-state index contributed by atoms with van der Waals surface area (Å²) < 4.78 is 0. The van der Waals surface area contributed by atoms with Crippen molar-refractivity contribution in [2.24, 2.45) is 11.8 Å². The Kier molecular flexibility index (Phi) is 3.17. The number of carbonyl (C=O) groups excluding carboxylic acids is 1. The molecular formula is C15H17N5O3. The summed E-state index contributed by atoms with van der Waals surface area (Å²) >= 11 is 0. The van der Waals surface area contributed by atoms with E-state index in [2.05, 4.69) is 15.4 Å². The summed E-state index contributed by atoms with van der Waals surface area (Å²) in [5.41, 5.74) is 2.00. The van der Waals surface area contributed by atoms with Crippen molar-refractivity contribution in [1.82, 2.24) is 25.2 Å². The number of rotatable bonds is 1. The van der Waals surface area contributed by atoms with Crippen molar-refractivity contribution in [3.05, 3.63) is 23.8 Å². The molecule has 8 heteroatoms. The van der Waals surface area contributed by atoms with Gasteiger partial charge in [0.25, 0.3) is 5.91 Å². The summed E-state index contributed by atoms with van der Waals surface area (Å²) in [7, 11) is 0. The number of carboxylic acid groups (broad SMARTS) is 1. The zero-order valence-electron chi connectivity index (χ0n) is 12.5. The second-order valence-corrected chi connectivity index (χ2v) is 6.27. The fraction of sp³-hybridized carbons (Fsp3) is 0.467. The number of nitrogens with zero attached hydrogens (tertiary/aromatic N) is 4. The van der Waals surface area contributed by atoms with Crippen LogP contribution in [0, 0.1) is 11.8 Å². The molecule has 2 aliphatic heterocycles. The van der Waals surface area contributed by atoms with Gasteiger partial charge in [-0.1, -0.05) is 0 Å². The van der Waals surface area contributed by atoms with Crippen LogP contribution in [0.2, 0.25) is 0 Å². The first-order valence-electron chi connectivity index (χ1n) is 7.69. The normalized spacial score (nSPS) is 24.0. The Hall–Kier alpha value is -2.64. The summed E-state index contributed by atoms with van der Waals surface area (Å²) in [6, 6.07) is 5.28. The lowest BCUT2D eigenvalue weighted by molar-refractivity contribution is 0.0784. The zero-order valence-corrected chi connectivity index (χ0v) is 12.5. The Morgan fingerprint density at radius 3 is 2.65 bits per heavy atom. The van der Waals surface area contributed by atoms with Gasteiger partial charge in [0.1, 0.15) is 11.0 Å². The maximum absolute atomic E-state index is 12.7. The molecule has 2 amide bonds. The largest absolute Gasteiger partial charge is 0.465 e.